The van der Waals surface area contributed by atoms with Crippen molar-refractivity contribution >= 4 is 34.4 Å². The molecule has 2 aromatic heterocycles. The molecule has 0 aliphatic rings. The van der Waals surface area contributed by atoms with Crippen molar-refractivity contribution in [1.29, 1.82) is 0 Å². The maximum Gasteiger partial charge on any atom is 0.271 e. The summed E-state index contributed by atoms with van der Waals surface area (Å²) >= 11 is 5.70. The zero-order valence-electron chi connectivity index (χ0n) is 14.9. The molecule has 3 rings (SSSR count). The van der Waals surface area contributed by atoms with Gasteiger partial charge in [0.15, 0.2) is 0 Å². The lowest BCUT2D eigenvalue weighted by Crippen LogP contribution is -2.43. The monoisotopic (exact) mass is 385 g/mol. The average Bonchev–Trinajstić information content (AvgIpc) is 3.02. The largest absolute Gasteiger partial charge is 0.318 e. The van der Waals surface area contributed by atoms with Crippen LogP contribution in [0.25, 0.3) is 11.0 Å². The number of carbonyl (C=O) groups is 2. The first kappa shape index (κ1) is 18.8. The van der Waals surface area contributed by atoms with Gasteiger partial charge in [0.2, 0.25) is 0 Å². The maximum absolute atomic E-state index is 12.4. The van der Waals surface area contributed by atoms with Gasteiger partial charge in [-0.05, 0) is 30.7 Å². The number of aryl methyl sites for hydroxylation is 1. The van der Waals surface area contributed by atoms with Crippen LogP contribution in [0.1, 0.15) is 35.9 Å². The fourth-order valence-corrected chi connectivity index (χ4v) is 2.83. The number of benzene rings is 1. The first-order valence-corrected chi connectivity index (χ1v) is 9.11. The number of nitrogens with one attached hydrogen (secondary N) is 2. The maximum atomic E-state index is 12.4. The van der Waals surface area contributed by atoms with E-state index in [0.717, 1.165) is 36.1 Å². The molecule has 0 unspecified atom stereocenters. The molecule has 1 aromatic carbocycles. The van der Waals surface area contributed by atoms with Crippen LogP contribution in [0.3, 0.4) is 0 Å². The number of amides is 2. The van der Waals surface area contributed by atoms with Crippen molar-refractivity contribution in [1.82, 2.24) is 25.4 Å². The standard InChI is InChI=1S/C19H20ClN5O2/c1-2-3-8-17-22-14-6-4-5-7-15(14)25(17)12-18(26)23-24-19(27)13-9-10-16(20)21-11-13/h4-7,9-11H,2-3,8,12H2,1H3,(H,23,26)(H,24,27). The highest BCUT2D eigenvalue weighted by molar-refractivity contribution is 6.29. The van der Waals surface area contributed by atoms with Crippen LogP contribution in [0.15, 0.2) is 42.6 Å². The van der Waals surface area contributed by atoms with Crippen LogP contribution in [0.2, 0.25) is 5.15 Å². The van der Waals surface area contributed by atoms with Crippen molar-refractivity contribution in [3.05, 3.63) is 59.1 Å². The fourth-order valence-electron chi connectivity index (χ4n) is 2.72. The summed E-state index contributed by atoms with van der Waals surface area (Å²) in [6, 6.07) is 10.7. The van der Waals surface area contributed by atoms with E-state index >= 15 is 0 Å². The summed E-state index contributed by atoms with van der Waals surface area (Å²) in [5.41, 5.74) is 6.87. The number of hydrogen-bond acceptors (Lipinski definition) is 4. The van der Waals surface area contributed by atoms with Gasteiger partial charge in [-0.25, -0.2) is 9.97 Å². The number of aromatic nitrogens is 3. The number of hydrazine groups is 1. The van der Waals surface area contributed by atoms with Crippen LogP contribution in [0.4, 0.5) is 0 Å². The SMILES string of the molecule is CCCCc1nc2ccccc2n1CC(=O)NNC(=O)c1ccc(Cl)nc1. The highest BCUT2D eigenvalue weighted by Gasteiger charge is 2.14. The fraction of sp³-hybridized carbons (Fsp3) is 0.263. The van der Waals surface area contributed by atoms with E-state index in [4.69, 9.17) is 11.6 Å². The third-order valence-electron chi connectivity index (χ3n) is 4.09. The van der Waals surface area contributed by atoms with Gasteiger partial charge in [-0.15, -0.1) is 0 Å². The van der Waals surface area contributed by atoms with Gasteiger partial charge >= 0.3 is 0 Å². The molecule has 0 bridgehead atoms. The Bertz CT molecular complexity index is 952. The van der Waals surface area contributed by atoms with E-state index < -0.39 is 5.91 Å². The van der Waals surface area contributed by atoms with Crippen molar-refractivity contribution in [2.45, 2.75) is 32.7 Å². The lowest BCUT2D eigenvalue weighted by Gasteiger charge is -2.11. The first-order valence-electron chi connectivity index (χ1n) is 8.73. The second kappa shape index (κ2) is 8.64. The summed E-state index contributed by atoms with van der Waals surface area (Å²) in [7, 11) is 0. The van der Waals surface area contributed by atoms with Crippen LogP contribution < -0.4 is 10.9 Å². The number of imidazole rings is 1. The number of carbonyl (C=O) groups excluding carboxylic acids is 2. The number of rotatable bonds is 6. The first-order chi connectivity index (χ1) is 13.1. The molecule has 7 nitrogen and oxygen atoms in total. The Morgan fingerprint density at radius 3 is 2.70 bits per heavy atom. The van der Waals surface area contributed by atoms with E-state index in [1.165, 1.54) is 18.3 Å². The van der Waals surface area contributed by atoms with E-state index in [1.807, 2.05) is 28.8 Å². The minimum Gasteiger partial charge on any atom is -0.318 e. The summed E-state index contributed by atoms with van der Waals surface area (Å²) in [6.45, 7) is 2.18. The Hall–Kier alpha value is -2.93. The van der Waals surface area contributed by atoms with Crippen molar-refractivity contribution < 1.29 is 9.59 Å². The smallest absolute Gasteiger partial charge is 0.271 e. The Balaban J connectivity index is 1.68. The number of unbranched alkanes of at least 4 members (excludes halogenated alkanes) is 1. The zero-order chi connectivity index (χ0) is 19.2. The summed E-state index contributed by atoms with van der Waals surface area (Å²) in [4.78, 5) is 32.9. The normalized spacial score (nSPS) is 10.7. The number of halogens is 1. The van der Waals surface area contributed by atoms with Crippen LogP contribution in [-0.4, -0.2) is 26.3 Å². The molecule has 2 amide bonds. The molecule has 0 radical (unpaired) electrons. The molecular weight excluding hydrogens is 366 g/mol. The second-order valence-electron chi connectivity index (χ2n) is 6.08. The molecule has 2 N–H and O–H groups in total. The number of para-hydroxylation sites is 2. The Labute approximate surface area is 161 Å². The van der Waals surface area contributed by atoms with Gasteiger partial charge in [-0.3, -0.25) is 20.4 Å². The molecule has 3 aromatic rings. The van der Waals surface area contributed by atoms with Crippen molar-refractivity contribution in [2.75, 3.05) is 0 Å². The number of pyridine rings is 1. The van der Waals surface area contributed by atoms with Gasteiger partial charge < -0.3 is 4.57 Å². The summed E-state index contributed by atoms with van der Waals surface area (Å²) in [5, 5.41) is 0.294. The van der Waals surface area contributed by atoms with Crippen molar-refractivity contribution in [3.63, 3.8) is 0 Å². The van der Waals surface area contributed by atoms with E-state index in [-0.39, 0.29) is 12.5 Å². The molecular formula is C19H20ClN5O2. The van der Waals surface area contributed by atoms with E-state index in [2.05, 4.69) is 27.7 Å². The second-order valence-corrected chi connectivity index (χ2v) is 6.47. The highest BCUT2D eigenvalue weighted by Crippen LogP contribution is 2.17. The molecule has 2 heterocycles. The Morgan fingerprint density at radius 2 is 1.96 bits per heavy atom. The molecule has 0 spiro atoms. The van der Waals surface area contributed by atoms with Gasteiger partial charge in [0.25, 0.3) is 11.8 Å². The highest BCUT2D eigenvalue weighted by atomic mass is 35.5. The Kier molecular flexibility index (Phi) is 6.03. The van der Waals surface area contributed by atoms with Gasteiger partial charge in [-0.2, -0.15) is 0 Å². The summed E-state index contributed by atoms with van der Waals surface area (Å²) in [5.74, 6) is 0.0572. The third-order valence-corrected chi connectivity index (χ3v) is 4.32. The molecule has 140 valence electrons. The minimum absolute atomic E-state index is 0.0682. The molecule has 8 heteroatoms. The molecule has 0 fully saturated rings. The van der Waals surface area contributed by atoms with Crippen molar-refractivity contribution in [2.24, 2.45) is 0 Å². The third kappa shape index (κ3) is 4.62. The molecule has 0 aliphatic heterocycles. The van der Waals surface area contributed by atoms with Crippen LogP contribution in [0.5, 0.6) is 0 Å². The predicted molar refractivity (Wildman–Crippen MR) is 103 cm³/mol. The van der Waals surface area contributed by atoms with Crippen LogP contribution >= 0.6 is 11.6 Å². The van der Waals surface area contributed by atoms with Gasteiger partial charge in [0, 0.05) is 12.6 Å². The molecule has 0 atom stereocenters. The quantitative estimate of drug-likeness (QED) is 0.504. The topological polar surface area (TPSA) is 88.9 Å². The van der Waals surface area contributed by atoms with Crippen molar-refractivity contribution in [3.8, 4) is 0 Å². The van der Waals surface area contributed by atoms with E-state index in [1.54, 1.807) is 0 Å². The average molecular weight is 386 g/mol. The molecule has 27 heavy (non-hydrogen) atoms. The van der Waals surface area contributed by atoms with Gasteiger partial charge in [0.05, 0.1) is 16.6 Å². The molecule has 0 saturated heterocycles. The Morgan fingerprint density at radius 1 is 1.15 bits per heavy atom. The minimum atomic E-state index is -0.464. The van der Waals surface area contributed by atoms with E-state index in [0.29, 0.717) is 10.7 Å². The predicted octanol–water partition coefficient (Wildman–Crippen LogP) is 2.89. The summed E-state index contributed by atoms with van der Waals surface area (Å²) < 4.78 is 1.89. The molecule has 0 saturated carbocycles. The zero-order valence-corrected chi connectivity index (χ0v) is 15.7. The van der Waals surface area contributed by atoms with Crippen LogP contribution in [0, 0.1) is 0 Å². The van der Waals surface area contributed by atoms with Gasteiger partial charge in [0.1, 0.15) is 17.5 Å². The molecule has 0 aliphatic carbocycles. The summed E-state index contributed by atoms with van der Waals surface area (Å²) in [6.07, 6.45) is 4.17. The lowest BCUT2D eigenvalue weighted by molar-refractivity contribution is -0.122. The van der Waals surface area contributed by atoms with Crippen LogP contribution in [-0.2, 0) is 17.8 Å². The van der Waals surface area contributed by atoms with Gasteiger partial charge in [-0.1, -0.05) is 37.1 Å². The number of fused-ring (bicyclic) bond motifs is 1. The number of hydrogen-bond donors (Lipinski definition) is 2. The lowest BCUT2D eigenvalue weighted by atomic mass is 10.2. The van der Waals surface area contributed by atoms with E-state index in [9.17, 15) is 9.59 Å². The number of nitrogens with zero attached hydrogens (tertiary/aromatic N) is 3.